The van der Waals surface area contributed by atoms with Crippen LogP contribution in [0.2, 0.25) is 0 Å². The Morgan fingerprint density at radius 1 is 1.12 bits per heavy atom. The maximum atomic E-state index is 12.0. The van der Waals surface area contributed by atoms with Gasteiger partial charge in [-0.2, -0.15) is 0 Å². The Bertz CT molecular complexity index is 1020. The van der Waals surface area contributed by atoms with E-state index in [9.17, 15) is 13.2 Å². The van der Waals surface area contributed by atoms with Crippen molar-refractivity contribution in [3.8, 4) is 11.5 Å². The molecule has 134 valence electrons. The highest BCUT2D eigenvalue weighted by molar-refractivity contribution is 7.89. The molecule has 2 N–H and O–H groups in total. The van der Waals surface area contributed by atoms with Gasteiger partial charge >= 0.3 is 5.97 Å². The van der Waals surface area contributed by atoms with Gasteiger partial charge in [0, 0.05) is 5.56 Å². The summed E-state index contributed by atoms with van der Waals surface area (Å²) in [6, 6.07) is 12.9. The molecule has 0 radical (unpaired) electrons. The van der Waals surface area contributed by atoms with Gasteiger partial charge in [-0.15, -0.1) is 0 Å². The molecule has 2 aromatic carbocycles. The maximum Gasteiger partial charge on any atom is 0.338 e. The maximum absolute atomic E-state index is 12.0. The minimum atomic E-state index is -3.80. The molecule has 0 atom stereocenters. The van der Waals surface area contributed by atoms with E-state index in [-0.39, 0.29) is 17.1 Å². The van der Waals surface area contributed by atoms with Gasteiger partial charge in [0.25, 0.3) is 0 Å². The fourth-order valence-electron chi connectivity index (χ4n) is 2.21. The molecule has 3 aromatic rings. The molecule has 0 aliphatic carbocycles. The lowest BCUT2D eigenvalue weighted by molar-refractivity contribution is 0.0467. The summed E-state index contributed by atoms with van der Waals surface area (Å²) in [7, 11) is -3.80. The van der Waals surface area contributed by atoms with Crippen molar-refractivity contribution >= 4 is 16.0 Å². The Labute approximate surface area is 150 Å². The second-order valence-electron chi connectivity index (χ2n) is 5.66. The average Bonchev–Trinajstić information content (AvgIpc) is 3.08. The summed E-state index contributed by atoms with van der Waals surface area (Å²) in [6.45, 7) is 1.92. The minimum Gasteiger partial charge on any atom is -0.455 e. The van der Waals surface area contributed by atoms with E-state index in [4.69, 9.17) is 14.3 Å². The summed E-state index contributed by atoms with van der Waals surface area (Å²) < 4.78 is 33.0. The van der Waals surface area contributed by atoms with Crippen LogP contribution in [0.1, 0.15) is 21.6 Å². The van der Waals surface area contributed by atoms with Gasteiger partial charge in [0.05, 0.1) is 10.5 Å². The Morgan fingerprint density at radius 3 is 2.38 bits per heavy atom. The highest BCUT2D eigenvalue weighted by Crippen LogP contribution is 2.19. The number of nitrogens with two attached hydrogens (primary N) is 1. The number of carbonyl (C=O) groups is 1. The zero-order valence-electron chi connectivity index (χ0n) is 13.9. The number of ether oxygens (including phenoxy) is 1. The minimum absolute atomic E-state index is 0.0644. The smallest absolute Gasteiger partial charge is 0.338 e. The van der Waals surface area contributed by atoms with Crippen molar-refractivity contribution in [3.63, 3.8) is 0 Å². The quantitative estimate of drug-likeness (QED) is 0.689. The molecule has 0 aliphatic heterocycles. The molecule has 0 saturated heterocycles. The fourth-order valence-corrected chi connectivity index (χ4v) is 2.72. The van der Waals surface area contributed by atoms with Gasteiger partial charge in [-0.1, -0.05) is 17.7 Å². The lowest BCUT2D eigenvalue weighted by Gasteiger charge is -2.03. The number of aryl methyl sites for hydroxylation is 1. The molecule has 0 amide bonds. The van der Waals surface area contributed by atoms with E-state index in [0.29, 0.717) is 11.6 Å². The summed E-state index contributed by atoms with van der Waals surface area (Å²) in [5.41, 5.74) is 2.63. The first kappa shape index (κ1) is 17.8. The normalized spacial score (nSPS) is 11.3. The molecule has 0 aliphatic rings. The Kier molecular flexibility index (Phi) is 4.88. The van der Waals surface area contributed by atoms with Crippen LogP contribution in [0.4, 0.5) is 0 Å². The molecule has 3 rings (SSSR count). The predicted octanol–water partition coefficient (Wildman–Crippen LogP) is 2.65. The number of sulfonamides is 1. The molecule has 1 heterocycles. The molecule has 0 saturated carbocycles. The number of hydrogen-bond donors (Lipinski definition) is 1. The zero-order valence-corrected chi connectivity index (χ0v) is 14.7. The Balaban J connectivity index is 1.64. The van der Waals surface area contributed by atoms with E-state index in [2.05, 4.69) is 4.98 Å². The topological polar surface area (TPSA) is 112 Å². The van der Waals surface area contributed by atoms with Gasteiger partial charge in [0.1, 0.15) is 18.6 Å². The summed E-state index contributed by atoms with van der Waals surface area (Å²) in [6.07, 6.45) is 1.42. The number of rotatable bonds is 5. The number of carbonyl (C=O) groups excluding carboxylic acids is 1. The van der Waals surface area contributed by atoms with Crippen LogP contribution in [0.3, 0.4) is 0 Å². The SMILES string of the molecule is Cc1ccc(-c2nc(COC(=O)c3ccc(S(N)(=O)=O)cc3)co2)cc1. The van der Waals surface area contributed by atoms with Gasteiger partial charge in [-0.25, -0.2) is 23.3 Å². The van der Waals surface area contributed by atoms with E-state index in [1.54, 1.807) is 0 Å². The number of hydrogen-bond acceptors (Lipinski definition) is 6. The van der Waals surface area contributed by atoms with Crippen molar-refractivity contribution in [1.29, 1.82) is 0 Å². The second kappa shape index (κ2) is 7.11. The highest BCUT2D eigenvalue weighted by atomic mass is 32.2. The van der Waals surface area contributed by atoms with Crippen LogP contribution in [0, 0.1) is 6.92 Å². The fraction of sp³-hybridized carbons (Fsp3) is 0.111. The van der Waals surface area contributed by atoms with Gasteiger partial charge in [-0.3, -0.25) is 0 Å². The lowest BCUT2D eigenvalue weighted by atomic mass is 10.1. The number of benzene rings is 2. The molecular formula is C18H16N2O5S. The molecule has 8 heteroatoms. The van der Waals surface area contributed by atoms with Gasteiger partial charge in [-0.05, 0) is 43.3 Å². The van der Waals surface area contributed by atoms with Gasteiger partial charge in [0.2, 0.25) is 15.9 Å². The second-order valence-corrected chi connectivity index (χ2v) is 7.22. The third-order valence-electron chi connectivity index (χ3n) is 3.62. The summed E-state index contributed by atoms with van der Waals surface area (Å²) >= 11 is 0. The summed E-state index contributed by atoms with van der Waals surface area (Å²) in [4.78, 5) is 16.2. The number of oxazole rings is 1. The van der Waals surface area contributed by atoms with Gasteiger partial charge < -0.3 is 9.15 Å². The van der Waals surface area contributed by atoms with Crippen LogP contribution < -0.4 is 5.14 Å². The average molecular weight is 372 g/mol. The van der Waals surface area contributed by atoms with Crippen LogP contribution in [0.5, 0.6) is 0 Å². The van der Waals surface area contributed by atoms with E-state index in [1.807, 2.05) is 31.2 Å². The van der Waals surface area contributed by atoms with Crippen molar-refractivity contribution in [1.82, 2.24) is 4.98 Å². The summed E-state index contributed by atoms with van der Waals surface area (Å²) in [5, 5.41) is 5.01. The van der Waals surface area contributed by atoms with Crippen molar-refractivity contribution in [2.75, 3.05) is 0 Å². The van der Waals surface area contributed by atoms with Crippen LogP contribution in [-0.2, 0) is 21.4 Å². The van der Waals surface area contributed by atoms with Crippen molar-refractivity contribution < 1.29 is 22.4 Å². The molecule has 0 bridgehead atoms. The van der Waals surface area contributed by atoms with Gasteiger partial charge in [0.15, 0.2) is 0 Å². The van der Waals surface area contributed by atoms with Crippen molar-refractivity contribution in [3.05, 3.63) is 71.6 Å². The Morgan fingerprint density at radius 2 is 1.77 bits per heavy atom. The third-order valence-corrected chi connectivity index (χ3v) is 4.55. The zero-order chi connectivity index (χ0) is 18.7. The van der Waals surface area contributed by atoms with Crippen LogP contribution in [-0.4, -0.2) is 19.4 Å². The van der Waals surface area contributed by atoms with Crippen LogP contribution in [0.15, 0.2) is 64.1 Å². The van der Waals surface area contributed by atoms with Crippen molar-refractivity contribution in [2.45, 2.75) is 18.4 Å². The molecular weight excluding hydrogens is 356 g/mol. The largest absolute Gasteiger partial charge is 0.455 e. The number of primary sulfonamides is 1. The van der Waals surface area contributed by atoms with Crippen molar-refractivity contribution in [2.24, 2.45) is 5.14 Å². The number of nitrogens with zero attached hydrogens (tertiary/aromatic N) is 1. The summed E-state index contributed by atoms with van der Waals surface area (Å²) in [5.74, 6) is -0.167. The number of esters is 1. The van der Waals surface area contributed by atoms with E-state index >= 15 is 0 Å². The first-order valence-corrected chi connectivity index (χ1v) is 9.19. The van der Waals surface area contributed by atoms with E-state index in [0.717, 1.165) is 11.1 Å². The monoisotopic (exact) mass is 372 g/mol. The molecule has 0 fully saturated rings. The number of aromatic nitrogens is 1. The lowest BCUT2D eigenvalue weighted by Crippen LogP contribution is -2.12. The third kappa shape index (κ3) is 4.16. The Hall–Kier alpha value is -2.97. The molecule has 1 aromatic heterocycles. The molecule has 0 unspecified atom stereocenters. The molecule has 7 nitrogen and oxygen atoms in total. The van der Waals surface area contributed by atoms with E-state index < -0.39 is 16.0 Å². The predicted molar refractivity (Wildman–Crippen MR) is 93.6 cm³/mol. The first-order valence-electron chi connectivity index (χ1n) is 7.64. The first-order chi connectivity index (χ1) is 12.3. The molecule has 26 heavy (non-hydrogen) atoms. The van der Waals surface area contributed by atoms with Crippen LogP contribution in [0.25, 0.3) is 11.5 Å². The highest BCUT2D eigenvalue weighted by Gasteiger charge is 2.13. The van der Waals surface area contributed by atoms with Crippen LogP contribution >= 0.6 is 0 Å². The molecule has 0 spiro atoms. The van der Waals surface area contributed by atoms with E-state index in [1.165, 1.54) is 30.5 Å². The standard InChI is InChI=1S/C18H16N2O5S/c1-12-2-4-13(5-3-12)17-20-15(10-24-17)11-25-18(21)14-6-8-16(9-7-14)26(19,22)23/h2-10H,11H2,1H3,(H2,19,22,23).